The predicted octanol–water partition coefficient (Wildman–Crippen LogP) is 5.69. The smallest absolute Gasteiger partial charge is 0.225 e. The van der Waals surface area contributed by atoms with E-state index in [2.05, 4.69) is 57.3 Å². The third kappa shape index (κ3) is 4.05. The first-order valence-electron chi connectivity index (χ1n) is 11.4. The summed E-state index contributed by atoms with van der Waals surface area (Å²) in [5.74, 6) is 1.63. The second kappa shape index (κ2) is 8.64. The number of imidazole rings is 1. The van der Waals surface area contributed by atoms with Gasteiger partial charge in [-0.1, -0.05) is 30.3 Å². The van der Waals surface area contributed by atoms with Gasteiger partial charge in [-0.3, -0.25) is 9.88 Å². The monoisotopic (exact) mass is 435 g/mol. The fourth-order valence-corrected chi connectivity index (χ4v) is 4.84. The van der Waals surface area contributed by atoms with Gasteiger partial charge in [0.1, 0.15) is 12.1 Å². The van der Waals surface area contributed by atoms with E-state index in [1.54, 1.807) is 12.5 Å². The zero-order valence-electron chi connectivity index (χ0n) is 18.3. The third-order valence-electron chi connectivity index (χ3n) is 6.42. The molecule has 0 saturated heterocycles. The van der Waals surface area contributed by atoms with E-state index in [1.165, 1.54) is 23.2 Å². The Labute approximate surface area is 192 Å². The summed E-state index contributed by atoms with van der Waals surface area (Å²) < 4.78 is 5.44. The van der Waals surface area contributed by atoms with Gasteiger partial charge in [0.05, 0.1) is 35.5 Å². The molecule has 2 aromatic carbocycles. The van der Waals surface area contributed by atoms with Gasteiger partial charge in [0.2, 0.25) is 5.89 Å². The minimum atomic E-state index is 0.259. The van der Waals surface area contributed by atoms with Crippen molar-refractivity contribution in [1.82, 2.24) is 24.8 Å². The number of para-hydroxylation sites is 2. The van der Waals surface area contributed by atoms with Gasteiger partial charge in [-0.05, 0) is 60.7 Å². The van der Waals surface area contributed by atoms with Crippen molar-refractivity contribution in [3.63, 3.8) is 0 Å². The second-order valence-corrected chi connectivity index (χ2v) is 8.60. The van der Waals surface area contributed by atoms with Crippen LogP contribution in [-0.4, -0.2) is 24.8 Å². The summed E-state index contributed by atoms with van der Waals surface area (Å²) in [7, 11) is 0. The molecule has 1 atom stereocenters. The van der Waals surface area contributed by atoms with E-state index in [0.717, 1.165) is 48.4 Å². The maximum Gasteiger partial charge on any atom is 0.225 e. The van der Waals surface area contributed by atoms with Crippen molar-refractivity contribution >= 4 is 11.0 Å². The van der Waals surface area contributed by atoms with Crippen molar-refractivity contribution < 1.29 is 4.42 Å². The van der Waals surface area contributed by atoms with Gasteiger partial charge >= 0.3 is 0 Å². The Hall–Kier alpha value is -3.77. The zero-order chi connectivity index (χ0) is 22.0. The molecule has 0 bridgehead atoms. The van der Waals surface area contributed by atoms with E-state index in [1.807, 2.05) is 24.4 Å². The molecule has 1 N–H and O–H groups in total. The molecule has 6 heteroatoms. The fraction of sp³-hybridized carbons (Fsp3) is 0.222. The number of aromatic nitrogens is 4. The zero-order valence-corrected chi connectivity index (χ0v) is 18.3. The number of pyridine rings is 1. The molecule has 0 fully saturated rings. The number of aryl methyl sites for hydroxylation is 1. The van der Waals surface area contributed by atoms with Crippen molar-refractivity contribution in [1.29, 1.82) is 0 Å². The molecular formula is C27H25N5O. The van der Waals surface area contributed by atoms with E-state index < -0.39 is 0 Å². The molecule has 3 heterocycles. The van der Waals surface area contributed by atoms with E-state index in [-0.39, 0.29) is 6.04 Å². The number of nitrogens with one attached hydrogen (secondary N) is 1. The van der Waals surface area contributed by atoms with Gasteiger partial charge in [-0.25, -0.2) is 9.97 Å². The van der Waals surface area contributed by atoms with Crippen molar-refractivity contribution in [3.8, 4) is 11.5 Å². The largest absolute Gasteiger partial charge is 0.445 e. The van der Waals surface area contributed by atoms with Gasteiger partial charge in [0.15, 0.2) is 0 Å². The SMILES string of the molecule is c1cnc2c(c1)CCCC2N(Cc1ccc(-c2ncco2)cc1)Cc1nc2ccccc2[nH]1. The van der Waals surface area contributed by atoms with Crippen LogP contribution in [0.25, 0.3) is 22.5 Å². The first kappa shape index (κ1) is 19.9. The number of benzene rings is 2. The topological polar surface area (TPSA) is 70.8 Å². The highest BCUT2D eigenvalue weighted by molar-refractivity contribution is 5.74. The molecule has 33 heavy (non-hydrogen) atoms. The first-order valence-corrected chi connectivity index (χ1v) is 11.4. The molecule has 0 amide bonds. The number of aromatic amines is 1. The van der Waals surface area contributed by atoms with Crippen LogP contribution >= 0.6 is 0 Å². The molecule has 0 saturated carbocycles. The Kier molecular flexibility index (Phi) is 5.20. The average Bonchev–Trinajstić information content (AvgIpc) is 3.54. The number of rotatable bonds is 6. The Morgan fingerprint density at radius 2 is 1.85 bits per heavy atom. The fourth-order valence-electron chi connectivity index (χ4n) is 4.84. The first-order chi connectivity index (χ1) is 16.3. The minimum Gasteiger partial charge on any atom is -0.445 e. The van der Waals surface area contributed by atoms with Crippen LogP contribution in [0, 0.1) is 0 Å². The standard InChI is InChI=1S/C27H25N5O/c1-2-8-23-22(7-1)30-25(31-23)18-32(24-9-3-5-20-6-4-14-28-26(20)24)17-19-10-12-21(13-11-19)27-29-15-16-33-27/h1-2,4,6-8,10-16,24H,3,5,9,17-18H2,(H,30,31). The van der Waals surface area contributed by atoms with Crippen LogP contribution < -0.4 is 0 Å². The number of H-pyrrole nitrogens is 1. The van der Waals surface area contributed by atoms with E-state index in [9.17, 15) is 0 Å². The highest BCUT2D eigenvalue weighted by atomic mass is 16.3. The highest BCUT2D eigenvalue weighted by Gasteiger charge is 2.28. The van der Waals surface area contributed by atoms with E-state index >= 15 is 0 Å². The van der Waals surface area contributed by atoms with Crippen LogP contribution in [0.1, 0.15) is 41.5 Å². The van der Waals surface area contributed by atoms with Crippen LogP contribution in [0.5, 0.6) is 0 Å². The summed E-state index contributed by atoms with van der Waals surface area (Å²) in [5, 5.41) is 0. The van der Waals surface area contributed by atoms with Gasteiger partial charge in [0, 0.05) is 18.3 Å². The Balaban J connectivity index is 1.32. The van der Waals surface area contributed by atoms with Gasteiger partial charge in [-0.2, -0.15) is 0 Å². The van der Waals surface area contributed by atoms with Crippen molar-refractivity contribution in [3.05, 3.63) is 102 Å². The van der Waals surface area contributed by atoms with Gasteiger partial charge < -0.3 is 9.40 Å². The molecule has 1 aliphatic carbocycles. The van der Waals surface area contributed by atoms with E-state index in [0.29, 0.717) is 5.89 Å². The highest BCUT2D eigenvalue weighted by Crippen LogP contribution is 2.35. The van der Waals surface area contributed by atoms with Crippen LogP contribution in [0.3, 0.4) is 0 Å². The van der Waals surface area contributed by atoms with Crippen molar-refractivity contribution in [2.45, 2.75) is 38.4 Å². The molecule has 1 aliphatic rings. The maximum atomic E-state index is 5.44. The Bertz CT molecular complexity index is 1320. The Morgan fingerprint density at radius 3 is 2.70 bits per heavy atom. The lowest BCUT2D eigenvalue weighted by Crippen LogP contribution is -2.31. The summed E-state index contributed by atoms with van der Waals surface area (Å²) in [4.78, 5) is 19.9. The number of hydrogen-bond donors (Lipinski definition) is 1. The van der Waals surface area contributed by atoms with Gasteiger partial charge in [-0.15, -0.1) is 0 Å². The molecule has 6 rings (SSSR count). The molecule has 3 aromatic heterocycles. The lowest BCUT2D eigenvalue weighted by atomic mass is 9.90. The molecule has 0 radical (unpaired) electrons. The molecule has 0 aliphatic heterocycles. The summed E-state index contributed by atoms with van der Waals surface area (Å²) >= 11 is 0. The van der Waals surface area contributed by atoms with Gasteiger partial charge in [0.25, 0.3) is 0 Å². The molecule has 0 spiro atoms. The summed E-state index contributed by atoms with van der Waals surface area (Å²) in [5.41, 5.74) is 6.87. The molecular weight excluding hydrogens is 410 g/mol. The third-order valence-corrected chi connectivity index (χ3v) is 6.42. The second-order valence-electron chi connectivity index (χ2n) is 8.60. The molecule has 1 unspecified atom stereocenters. The molecule has 164 valence electrons. The summed E-state index contributed by atoms with van der Waals surface area (Å²) in [6, 6.07) is 21.2. The normalized spacial score (nSPS) is 15.7. The van der Waals surface area contributed by atoms with E-state index in [4.69, 9.17) is 14.4 Å². The predicted molar refractivity (Wildman–Crippen MR) is 127 cm³/mol. The van der Waals surface area contributed by atoms with Crippen LogP contribution in [0.15, 0.2) is 83.7 Å². The number of oxazole rings is 1. The number of nitrogens with zero attached hydrogens (tertiary/aromatic N) is 4. The van der Waals surface area contributed by atoms with Crippen LogP contribution in [0.4, 0.5) is 0 Å². The minimum absolute atomic E-state index is 0.259. The lowest BCUT2D eigenvalue weighted by Gasteiger charge is -2.34. The molecule has 5 aromatic rings. The molecule has 6 nitrogen and oxygen atoms in total. The quantitative estimate of drug-likeness (QED) is 0.371. The maximum absolute atomic E-state index is 5.44. The Morgan fingerprint density at radius 1 is 0.939 bits per heavy atom. The summed E-state index contributed by atoms with van der Waals surface area (Å²) in [6.45, 7) is 1.54. The van der Waals surface area contributed by atoms with Crippen molar-refractivity contribution in [2.75, 3.05) is 0 Å². The number of fused-ring (bicyclic) bond motifs is 2. The average molecular weight is 436 g/mol. The van der Waals surface area contributed by atoms with Crippen molar-refractivity contribution in [2.24, 2.45) is 0 Å². The number of hydrogen-bond acceptors (Lipinski definition) is 5. The van der Waals surface area contributed by atoms with Crippen LogP contribution in [-0.2, 0) is 19.5 Å². The summed E-state index contributed by atoms with van der Waals surface area (Å²) in [6.07, 6.45) is 8.56. The van der Waals surface area contributed by atoms with Crippen LogP contribution in [0.2, 0.25) is 0 Å². The lowest BCUT2D eigenvalue weighted by molar-refractivity contribution is 0.153.